The molecule has 2 rings (SSSR count). The van der Waals surface area contributed by atoms with E-state index in [1.165, 1.54) is 12.1 Å². The van der Waals surface area contributed by atoms with Crippen LogP contribution in [0.1, 0.15) is 17.5 Å². The molecule has 0 aliphatic carbocycles. The molecule has 0 saturated heterocycles. The quantitative estimate of drug-likeness (QED) is 0.541. The molecular weight excluding hydrogens is 411 g/mol. The second-order valence-corrected chi connectivity index (χ2v) is 8.23. The molecule has 0 saturated carbocycles. The predicted octanol–water partition coefficient (Wildman–Crippen LogP) is 2.95. The van der Waals surface area contributed by atoms with E-state index in [1.54, 1.807) is 19.1 Å². The molecular formula is C19H16F3NO5S. The molecule has 0 aromatic heterocycles. The van der Waals surface area contributed by atoms with Gasteiger partial charge in [-0.3, -0.25) is 14.4 Å². The number of benzene rings is 2. The third-order valence-electron chi connectivity index (χ3n) is 3.79. The molecule has 1 N–H and O–H groups in total. The molecule has 0 bridgehead atoms. The highest BCUT2D eigenvalue weighted by atomic mass is 32.2. The maximum atomic E-state index is 12.7. The summed E-state index contributed by atoms with van der Waals surface area (Å²) in [6, 6.07) is 9.34. The van der Waals surface area contributed by atoms with Crippen molar-refractivity contribution in [3.8, 4) is 0 Å². The van der Waals surface area contributed by atoms with Gasteiger partial charge in [0.25, 0.3) is 5.91 Å². The number of ketones is 2. The van der Waals surface area contributed by atoms with Gasteiger partial charge in [0.2, 0.25) is 5.78 Å². The SMILES string of the molecule is Cc1ccc(S(=O)(=O)CC(=O)CC(=O)C(=O)Nc2cccc(C(F)(F)F)c2)cc1. The van der Waals surface area contributed by atoms with Crippen molar-refractivity contribution in [3.63, 3.8) is 0 Å². The lowest BCUT2D eigenvalue weighted by molar-refractivity contribution is -0.137. The molecule has 1 amide bonds. The smallest absolute Gasteiger partial charge is 0.319 e. The Kier molecular flexibility index (Phi) is 6.58. The van der Waals surface area contributed by atoms with E-state index in [0.717, 1.165) is 23.8 Å². The average Bonchev–Trinajstić information content (AvgIpc) is 2.61. The molecule has 0 atom stereocenters. The van der Waals surface area contributed by atoms with E-state index in [2.05, 4.69) is 0 Å². The minimum absolute atomic E-state index is 0.0997. The Morgan fingerprint density at radius 1 is 1.00 bits per heavy atom. The highest BCUT2D eigenvalue weighted by Gasteiger charge is 2.31. The number of rotatable bonds is 7. The first-order valence-corrected chi connectivity index (χ1v) is 9.86. The summed E-state index contributed by atoms with van der Waals surface area (Å²) in [5.41, 5.74) is -0.488. The summed E-state index contributed by atoms with van der Waals surface area (Å²) in [6.45, 7) is 1.75. The standard InChI is InChI=1S/C19H16F3NO5S/c1-12-5-7-16(8-6-12)29(27,28)11-15(24)10-17(25)18(26)23-14-4-2-3-13(9-14)19(20,21)22/h2-9H,10-11H2,1H3,(H,23,26). The number of sulfone groups is 1. The second-order valence-electron chi connectivity index (χ2n) is 6.24. The van der Waals surface area contributed by atoms with Gasteiger partial charge in [-0.05, 0) is 37.3 Å². The van der Waals surface area contributed by atoms with Crippen molar-refractivity contribution in [2.24, 2.45) is 0 Å². The van der Waals surface area contributed by atoms with E-state index in [-0.39, 0.29) is 10.6 Å². The van der Waals surface area contributed by atoms with E-state index in [1.807, 2.05) is 5.32 Å². The van der Waals surface area contributed by atoms with Crippen LogP contribution in [0.2, 0.25) is 0 Å². The molecule has 0 heterocycles. The maximum Gasteiger partial charge on any atom is 0.416 e. The van der Waals surface area contributed by atoms with Crippen LogP contribution < -0.4 is 5.32 Å². The summed E-state index contributed by atoms with van der Waals surface area (Å²) in [7, 11) is -3.99. The van der Waals surface area contributed by atoms with Gasteiger partial charge < -0.3 is 5.32 Å². The Hall–Kier alpha value is -3.01. The van der Waals surface area contributed by atoms with Gasteiger partial charge in [-0.25, -0.2) is 8.42 Å². The summed E-state index contributed by atoms with van der Waals surface area (Å²) in [5.74, 6) is -4.55. The lowest BCUT2D eigenvalue weighted by Crippen LogP contribution is -2.27. The Labute approximate surface area is 164 Å². The van der Waals surface area contributed by atoms with Gasteiger partial charge in [0, 0.05) is 5.69 Å². The Morgan fingerprint density at radius 3 is 2.21 bits per heavy atom. The van der Waals surface area contributed by atoms with Crippen molar-refractivity contribution in [2.45, 2.75) is 24.4 Å². The topological polar surface area (TPSA) is 97.4 Å². The van der Waals surface area contributed by atoms with Crippen LogP contribution in [0.5, 0.6) is 0 Å². The molecule has 10 heteroatoms. The van der Waals surface area contributed by atoms with Crippen LogP contribution in [-0.4, -0.2) is 31.6 Å². The van der Waals surface area contributed by atoms with Gasteiger partial charge in [0.05, 0.1) is 16.9 Å². The maximum absolute atomic E-state index is 12.7. The van der Waals surface area contributed by atoms with E-state index in [4.69, 9.17) is 0 Å². The number of hydrogen-bond acceptors (Lipinski definition) is 5. The lowest BCUT2D eigenvalue weighted by Gasteiger charge is -2.09. The van der Waals surface area contributed by atoms with Crippen LogP contribution in [0, 0.1) is 6.92 Å². The molecule has 0 spiro atoms. The molecule has 0 aliphatic rings. The number of carbonyl (C=O) groups is 3. The van der Waals surface area contributed by atoms with Gasteiger partial charge in [0.1, 0.15) is 5.75 Å². The summed E-state index contributed by atoms with van der Waals surface area (Å²) in [6.07, 6.45) is -5.62. The molecule has 0 radical (unpaired) electrons. The first-order chi connectivity index (χ1) is 13.4. The summed E-state index contributed by atoms with van der Waals surface area (Å²) >= 11 is 0. The van der Waals surface area contributed by atoms with Crippen LogP contribution in [0.4, 0.5) is 18.9 Å². The molecule has 0 fully saturated rings. The van der Waals surface area contributed by atoms with Gasteiger partial charge in [0.15, 0.2) is 15.6 Å². The van der Waals surface area contributed by atoms with Gasteiger partial charge in [-0.2, -0.15) is 13.2 Å². The Balaban J connectivity index is 1.99. The minimum Gasteiger partial charge on any atom is -0.319 e. The monoisotopic (exact) mass is 427 g/mol. The van der Waals surface area contributed by atoms with E-state index in [0.29, 0.717) is 6.07 Å². The fraction of sp³-hybridized carbons (Fsp3) is 0.211. The van der Waals surface area contributed by atoms with Crippen molar-refractivity contribution in [3.05, 3.63) is 59.7 Å². The first kappa shape index (κ1) is 22.3. The fourth-order valence-corrected chi connectivity index (χ4v) is 3.57. The number of hydrogen-bond donors (Lipinski definition) is 1. The molecule has 154 valence electrons. The molecule has 6 nitrogen and oxygen atoms in total. The second kappa shape index (κ2) is 8.56. The van der Waals surface area contributed by atoms with Crippen LogP contribution in [0.3, 0.4) is 0 Å². The number of amides is 1. The number of carbonyl (C=O) groups excluding carboxylic acids is 3. The third kappa shape index (κ3) is 6.24. The van der Waals surface area contributed by atoms with Crippen molar-refractivity contribution in [1.82, 2.24) is 0 Å². The minimum atomic E-state index is -4.63. The van der Waals surface area contributed by atoms with Crippen LogP contribution in [0.15, 0.2) is 53.4 Å². The van der Waals surface area contributed by atoms with Gasteiger partial charge in [-0.15, -0.1) is 0 Å². The zero-order chi connectivity index (χ0) is 21.8. The van der Waals surface area contributed by atoms with Crippen LogP contribution >= 0.6 is 0 Å². The summed E-state index contributed by atoms with van der Waals surface area (Å²) < 4.78 is 62.4. The Bertz CT molecular complexity index is 1040. The normalized spacial score (nSPS) is 11.7. The van der Waals surface area contributed by atoms with Gasteiger partial charge >= 0.3 is 6.18 Å². The van der Waals surface area contributed by atoms with Crippen molar-refractivity contribution >= 4 is 33.0 Å². The average molecular weight is 427 g/mol. The van der Waals surface area contributed by atoms with Crippen molar-refractivity contribution < 1.29 is 36.0 Å². The van der Waals surface area contributed by atoms with E-state index < -0.39 is 51.2 Å². The highest BCUT2D eigenvalue weighted by molar-refractivity contribution is 7.92. The summed E-state index contributed by atoms with van der Waals surface area (Å²) in [5, 5.41) is 1.97. The van der Waals surface area contributed by atoms with Crippen LogP contribution in [-0.2, 0) is 30.4 Å². The lowest BCUT2D eigenvalue weighted by atomic mass is 10.1. The first-order valence-electron chi connectivity index (χ1n) is 8.21. The summed E-state index contributed by atoms with van der Waals surface area (Å²) in [4.78, 5) is 35.5. The number of nitrogens with one attached hydrogen (secondary N) is 1. The van der Waals surface area contributed by atoms with E-state index in [9.17, 15) is 36.0 Å². The number of Topliss-reactive ketones (excluding diaryl/α,β-unsaturated/α-hetero) is 2. The van der Waals surface area contributed by atoms with Crippen LogP contribution in [0.25, 0.3) is 0 Å². The molecule has 2 aromatic carbocycles. The third-order valence-corrected chi connectivity index (χ3v) is 5.48. The van der Waals surface area contributed by atoms with E-state index >= 15 is 0 Å². The number of aryl methyl sites for hydroxylation is 1. The Morgan fingerprint density at radius 2 is 1.62 bits per heavy atom. The molecule has 0 aliphatic heterocycles. The fourth-order valence-electron chi connectivity index (χ4n) is 2.33. The number of anilines is 1. The zero-order valence-corrected chi connectivity index (χ0v) is 15.9. The number of halogens is 3. The number of alkyl halides is 3. The molecule has 0 unspecified atom stereocenters. The zero-order valence-electron chi connectivity index (χ0n) is 15.1. The highest BCUT2D eigenvalue weighted by Crippen LogP contribution is 2.30. The molecule has 29 heavy (non-hydrogen) atoms. The molecule has 2 aromatic rings. The largest absolute Gasteiger partial charge is 0.416 e. The van der Waals surface area contributed by atoms with Crippen molar-refractivity contribution in [2.75, 3.05) is 11.1 Å². The van der Waals surface area contributed by atoms with Gasteiger partial charge in [-0.1, -0.05) is 23.8 Å². The van der Waals surface area contributed by atoms with Crippen molar-refractivity contribution in [1.29, 1.82) is 0 Å². The predicted molar refractivity (Wildman–Crippen MR) is 97.9 cm³/mol.